The number of hydrogen-bond donors (Lipinski definition) is 2. The van der Waals surface area contributed by atoms with Crippen LogP contribution in [0, 0.1) is 0 Å². The number of nitrogen functional groups attached to an aromatic ring is 1. The van der Waals surface area contributed by atoms with E-state index in [0.29, 0.717) is 5.82 Å². The summed E-state index contributed by atoms with van der Waals surface area (Å²) in [6.45, 7) is 0. The summed E-state index contributed by atoms with van der Waals surface area (Å²) < 4.78 is 3.77. The maximum Gasteiger partial charge on any atom is 0.150 e. The molecule has 0 unspecified atom stereocenters. The number of rotatable bonds is 6. The second-order valence-electron chi connectivity index (χ2n) is 8.77. The number of fused-ring (bicyclic) bond motifs is 2. The van der Waals surface area contributed by atoms with E-state index in [1.165, 1.54) is 11.9 Å². The SMILES string of the molecule is CNc1ccc2ccc(CCc3cncc(-n4cc(-c5ccn(C)n5)c5c(N)ncnc54)c3)cc2n1. The van der Waals surface area contributed by atoms with Crippen molar-refractivity contribution < 1.29 is 0 Å². The molecule has 6 aromatic rings. The first-order chi connectivity index (χ1) is 17.6. The average molecular weight is 476 g/mol. The van der Waals surface area contributed by atoms with Gasteiger partial charge in [0, 0.05) is 43.6 Å². The molecule has 0 fully saturated rings. The Kier molecular flexibility index (Phi) is 5.29. The fraction of sp³-hybridized carbons (Fsp3) is 0.148. The quantitative estimate of drug-likeness (QED) is 0.372. The van der Waals surface area contributed by atoms with Crippen molar-refractivity contribution >= 4 is 33.6 Å². The van der Waals surface area contributed by atoms with E-state index in [1.54, 1.807) is 4.68 Å². The zero-order chi connectivity index (χ0) is 24.6. The number of nitrogens with one attached hydrogen (secondary N) is 1. The Balaban J connectivity index is 1.32. The molecule has 0 aliphatic carbocycles. The van der Waals surface area contributed by atoms with Gasteiger partial charge in [-0.1, -0.05) is 12.1 Å². The molecule has 3 N–H and O–H groups in total. The van der Waals surface area contributed by atoms with Crippen LogP contribution < -0.4 is 11.1 Å². The Morgan fingerprint density at radius 2 is 1.83 bits per heavy atom. The van der Waals surface area contributed by atoms with Crippen LogP contribution in [0.3, 0.4) is 0 Å². The maximum atomic E-state index is 6.27. The molecule has 0 radical (unpaired) electrons. The van der Waals surface area contributed by atoms with E-state index >= 15 is 0 Å². The molecule has 6 rings (SSSR count). The summed E-state index contributed by atoms with van der Waals surface area (Å²) in [6, 6.07) is 14.6. The molecule has 36 heavy (non-hydrogen) atoms. The highest BCUT2D eigenvalue weighted by atomic mass is 15.2. The Labute approximate surface area is 207 Å². The van der Waals surface area contributed by atoms with Crippen molar-refractivity contribution in [2.24, 2.45) is 7.05 Å². The third-order valence-electron chi connectivity index (χ3n) is 6.38. The van der Waals surface area contributed by atoms with Crippen LogP contribution in [-0.4, -0.2) is 41.3 Å². The minimum Gasteiger partial charge on any atom is -0.383 e. The van der Waals surface area contributed by atoms with Crippen LogP contribution in [0.4, 0.5) is 11.6 Å². The van der Waals surface area contributed by atoms with E-state index in [1.807, 2.05) is 55.6 Å². The molecule has 9 heteroatoms. The molecule has 0 saturated heterocycles. The second kappa shape index (κ2) is 8.77. The fourth-order valence-corrected chi connectivity index (χ4v) is 4.52. The van der Waals surface area contributed by atoms with Crippen LogP contribution in [-0.2, 0) is 19.9 Å². The lowest BCUT2D eigenvalue weighted by molar-refractivity contribution is 0.771. The molecule has 5 aromatic heterocycles. The molecule has 5 heterocycles. The van der Waals surface area contributed by atoms with Gasteiger partial charge in [-0.25, -0.2) is 15.0 Å². The summed E-state index contributed by atoms with van der Waals surface area (Å²) in [6.07, 6.45) is 10.9. The zero-order valence-corrected chi connectivity index (χ0v) is 20.1. The van der Waals surface area contributed by atoms with Gasteiger partial charge < -0.3 is 11.1 Å². The monoisotopic (exact) mass is 475 g/mol. The van der Waals surface area contributed by atoms with Crippen molar-refractivity contribution in [3.8, 4) is 16.9 Å². The number of aryl methyl sites for hydroxylation is 3. The lowest BCUT2D eigenvalue weighted by Gasteiger charge is -2.08. The van der Waals surface area contributed by atoms with E-state index in [0.717, 1.165) is 63.1 Å². The molecule has 178 valence electrons. The van der Waals surface area contributed by atoms with E-state index in [9.17, 15) is 0 Å². The summed E-state index contributed by atoms with van der Waals surface area (Å²) in [7, 11) is 3.77. The molecular formula is C27H25N9. The largest absolute Gasteiger partial charge is 0.383 e. The van der Waals surface area contributed by atoms with Gasteiger partial charge in [-0.15, -0.1) is 0 Å². The molecule has 0 atom stereocenters. The smallest absolute Gasteiger partial charge is 0.150 e. The lowest BCUT2D eigenvalue weighted by Crippen LogP contribution is -1.99. The number of nitrogens with two attached hydrogens (primary N) is 1. The fourth-order valence-electron chi connectivity index (χ4n) is 4.52. The van der Waals surface area contributed by atoms with E-state index in [4.69, 9.17) is 5.73 Å². The van der Waals surface area contributed by atoms with E-state index in [-0.39, 0.29) is 0 Å². The molecule has 0 spiro atoms. The van der Waals surface area contributed by atoms with Crippen LogP contribution in [0.25, 0.3) is 38.9 Å². The molecule has 0 aliphatic heterocycles. The van der Waals surface area contributed by atoms with Crippen LogP contribution in [0.15, 0.2) is 73.6 Å². The Morgan fingerprint density at radius 3 is 2.67 bits per heavy atom. The van der Waals surface area contributed by atoms with Gasteiger partial charge in [0.25, 0.3) is 0 Å². The Hall–Kier alpha value is -4.79. The van der Waals surface area contributed by atoms with Crippen molar-refractivity contribution in [3.05, 3.63) is 84.7 Å². The average Bonchev–Trinajstić information content (AvgIpc) is 3.51. The van der Waals surface area contributed by atoms with Gasteiger partial charge in [0.05, 0.1) is 28.5 Å². The van der Waals surface area contributed by atoms with Crippen LogP contribution in [0.1, 0.15) is 11.1 Å². The van der Waals surface area contributed by atoms with Gasteiger partial charge in [-0.2, -0.15) is 5.10 Å². The highest BCUT2D eigenvalue weighted by Crippen LogP contribution is 2.33. The first kappa shape index (κ1) is 21.7. The molecular weight excluding hydrogens is 450 g/mol. The predicted octanol–water partition coefficient (Wildman–Crippen LogP) is 4.17. The Bertz CT molecular complexity index is 1710. The highest BCUT2D eigenvalue weighted by molar-refractivity contribution is 6.00. The van der Waals surface area contributed by atoms with Crippen LogP contribution in [0.2, 0.25) is 0 Å². The van der Waals surface area contributed by atoms with Crippen molar-refractivity contribution in [1.82, 2.24) is 34.3 Å². The number of hydrogen-bond acceptors (Lipinski definition) is 7. The summed E-state index contributed by atoms with van der Waals surface area (Å²) in [5, 5.41) is 9.58. The van der Waals surface area contributed by atoms with E-state index < -0.39 is 0 Å². The molecule has 1 aromatic carbocycles. The maximum absolute atomic E-state index is 6.27. The summed E-state index contributed by atoms with van der Waals surface area (Å²) in [5.41, 5.74) is 13.0. The first-order valence-corrected chi connectivity index (χ1v) is 11.7. The summed E-state index contributed by atoms with van der Waals surface area (Å²) in [4.78, 5) is 17.9. The molecule has 0 saturated carbocycles. The minimum atomic E-state index is 0.426. The minimum absolute atomic E-state index is 0.426. The number of pyridine rings is 2. The molecule has 0 bridgehead atoms. The molecule has 9 nitrogen and oxygen atoms in total. The van der Waals surface area contributed by atoms with Crippen molar-refractivity contribution in [2.45, 2.75) is 12.8 Å². The third-order valence-corrected chi connectivity index (χ3v) is 6.38. The standard InChI is InChI=1S/C27H25N9/c1-29-24-8-7-19-6-5-17(12-23(19)33-24)3-4-18-11-20(14-30-13-18)36-15-21(22-9-10-35(2)34-22)25-26(28)31-16-32-27(25)36/h5-16H,3-4H2,1-2H3,(H,29,33)(H2,28,31,32). The normalized spacial score (nSPS) is 11.4. The lowest BCUT2D eigenvalue weighted by atomic mass is 10.0. The Morgan fingerprint density at radius 1 is 0.972 bits per heavy atom. The molecule has 0 amide bonds. The first-order valence-electron chi connectivity index (χ1n) is 11.7. The topological polar surface area (TPSA) is 112 Å². The van der Waals surface area contributed by atoms with Crippen LogP contribution in [0.5, 0.6) is 0 Å². The van der Waals surface area contributed by atoms with Gasteiger partial charge in [0.1, 0.15) is 18.0 Å². The number of aromatic nitrogens is 7. The van der Waals surface area contributed by atoms with Gasteiger partial charge >= 0.3 is 0 Å². The van der Waals surface area contributed by atoms with Crippen molar-refractivity contribution in [3.63, 3.8) is 0 Å². The molecule has 0 aliphatic rings. The van der Waals surface area contributed by atoms with Gasteiger partial charge in [0.15, 0.2) is 5.65 Å². The van der Waals surface area contributed by atoms with Crippen LogP contribution >= 0.6 is 0 Å². The van der Waals surface area contributed by atoms with Crippen molar-refractivity contribution in [1.29, 1.82) is 0 Å². The number of nitrogens with zero attached hydrogens (tertiary/aromatic N) is 7. The highest BCUT2D eigenvalue weighted by Gasteiger charge is 2.18. The predicted molar refractivity (Wildman–Crippen MR) is 142 cm³/mol. The van der Waals surface area contributed by atoms with Gasteiger partial charge in [-0.05, 0) is 54.3 Å². The number of anilines is 2. The summed E-state index contributed by atoms with van der Waals surface area (Å²) >= 11 is 0. The zero-order valence-electron chi connectivity index (χ0n) is 20.1. The second-order valence-corrected chi connectivity index (χ2v) is 8.77. The van der Waals surface area contributed by atoms with Crippen molar-refractivity contribution in [2.75, 3.05) is 18.1 Å². The van der Waals surface area contributed by atoms with E-state index in [2.05, 4.69) is 60.7 Å². The number of benzene rings is 1. The van der Waals surface area contributed by atoms with Gasteiger partial charge in [0.2, 0.25) is 0 Å². The van der Waals surface area contributed by atoms with Gasteiger partial charge in [-0.3, -0.25) is 14.2 Å². The third kappa shape index (κ3) is 3.90. The summed E-state index contributed by atoms with van der Waals surface area (Å²) in [5.74, 6) is 1.29.